The van der Waals surface area contributed by atoms with Gasteiger partial charge in [-0.05, 0) is 20.9 Å². The van der Waals surface area contributed by atoms with E-state index in [1.165, 1.54) is 26.2 Å². The molecule has 4 heteroatoms. The molecule has 1 aliphatic heterocycles. The van der Waals surface area contributed by atoms with Gasteiger partial charge in [0.05, 0.1) is 6.07 Å². The SMILES string of the molecule is CC(C)N(CCC#N)CCN1CCN(C)CC1. The van der Waals surface area contributed by atoms with E-state index in [0.717, 1.165) is 19.6 Å². The second-order valence-electron chi connectivity index (χ2n) is 5.18. The molecule has 0 radical (unpaired) electrons. The minimum absolute atomic E-state index is 0.538. The molecule has 17 heavy (non-hydrogen) atoms. The fraction of sp³-hybridized carbons (Fsp3) is 0.923. The molecule has 1 rings (SSSR count). The Labute approximate surface area is 106 Å². The average Bonchev–Trinajstić information content (AvgIpc) is 2.31. The minimum atomic E-state index is 0.538. The second kappa shape index (κ2) is 7.65. The first kappa shape index (κ1) is 14.4. The van der Waals surface area contributed by atoms with Crippen LogP contribution in [0.4, 0.5) is 0 Å². The summed E-state index contributed by atoms with van der Waals surface area (Å²) >= 11 is 0. The van der Waals surface area contributed by atoms with Crippen LogP contribution in [0, 0.1) is 11.3 Å². The van der Waals surface area contributed by atoms with Gasteiger partial charge in [0.1, 0.15) is 0 Å². The molecule has 0 aromatic rings. The van der Waals surface area contributed by atoms with Crippen LogP contribution >= 0.6 is 0 Å². The summed E-state index contributed by atoms with van der Waals surface area (Å²) in [4.78, 5) is 7.32. The number of nitriles is 1. The average molecular weight is 238 g/mol. The third kappa shape index (κ3) is 5.49. The molecule has 4 nitrogen and oxygen atoms in total. The number of nitrogens with zero attached hydrogens (tertiary/aromatic N) is 4. The molecule has 98 valence electrons. The van der Waals surface area contributed by atoms with Gasteiger partial charge in [-0.15, -0.1) is 0 Å². The van der Waals surface area contributed by atoms with E-state index in [1.54, 1.807) is 0 Å². The second-order valence-corrected chi connectivity index (χ2v) is 5.18. The fourth-order valence-electron chi connectivity index (χ4n) is 2.16. The van der Waals surface area contributed by atoms with Gasteiger partial charge in [0.2, 0.25) is 0 Å². The Morgan fingerprint density at radius 1 is 1.18 bits per heavy atom. The molecule has 0 saturated carbocycles. The van der Waals surface area contributed by atoms with Gasteiger partial charge in [-0.25, -0.2) is 0 Å². The zero-order valence-electron chi connectivity index (χ0n) is 11.5. The first-order valence-electron chi connectivity index (χ1n) is 6.65. The smallest absolute Gasteiger partial charge is 0.0635 e. The predicted molar refractivity (Wildman–Crippen MR) is 70.9 cm³/mol. The molecular formula is C13H26N4. The molecular weight excluding hydrogens is 212 g/mol. The van der Waals surface area contributed by atoms with Gasteiger partial charge in [-0.3, -0.25) is 9.80 Å². The maximum atomic E-state index is 8.65. The number of likely N-dealkylation sites (N-methyl/N-ethyl adjacent to an activating group) is 1. The zero-order valence-corrected chi connectivity index (χ0v) is 11.5. The largest absolute Gasteiger partial charge is 0.304 e. The van der Waals surface area contributed by atoms with Gasteiger partial charge >= 0.3 is 0 Å². The van der Waals surface area contributed by atoms with Crippen LogP contribution in [0.25, 0.3) is 0 Å². The Hall–Kier alpha value is -0.630. The van der Waals surface area contributed by atoms with Crippen LogP contribution in [-0.2, 0) is 0 Å². The van der Waals surface area contributed by atoms with Crippen molar-refractivity contribution in [1.29, 1.82) is 5.26 Å². The molecule has 1 fully saturated rings. The van der Waals surface area contributed by atoms with Gasteiger partial charge in [0.25, 0.3) is 0 Å². The highest BCUT2D eigenvalue weighted by atomic mass is 15.3. The van der Waals surface area contributed by atoms with E-state index in [4.69, 9.17) is 5.26 Å². The van der Waals surface area contributed by atoms with Crippen LogP contribution in [0.2, 0.25) is 0 Å². The normalized spacial score (nSPS) is 18.8. The van der Waals surface area contributed by atoms with E-state index >= 15 is 0 Å². The lowest BCUT2D eigenvalue weighted by atomic mass is 10.2. The van der Waals surface area contributed by atoms with E-state index in [0.29, 0.717) is 12.5 Å². The molecule has 0 aromatic carbocycles. The van der Waals surface area contributed by atoms with Crippen molar-refractivity contribution < 1.29 is 0 Å². The minimum Gasteiger partial charge on any atom is -0.304 e. The van der Waals surface area contributed by atoms with Gasteiger partial charge in [-0.2, -0.15) is 5.26 Å². The summed E-state index contributed by atoms with van der Waals surface area (Å²) in [6.45, 7) is 12.3. The molecule has 0 spiro atoms. The quantitative estimate of drug-likeness (QED) is 0.687. The van der Waals surface area contributed by atoms with E-state index in [-0.39, 0.29) is 0 Å². The Balaban J connectivity index is 2.24. The molecule has 0 aromatic heterocycles. The van der Waals surface area contributed by atoms with E-state index in [2.05, 4.69) is 41.7 Å². The summed E-state index contributed by atoms with van der Waals surface area (Å²) in [6, 6.07) is 2.77. The van der Waals surface area contributed by atoms with Crippen molar-refractivity contribution in [3.8, 4) is 6.07 Å². The number of piperazine rings is 1. The van der Waals surface area contributed by atoms with Crippen molar-refractivity contribution in [2.45, 2.75) is 26.3 Å². The molecule has 1 saturated heterocycles. The van der Waals surface area contributed by atoms with Gasteiger partial charge in [0.15, 0.2) is 0 Å². The maximum absolute atomic E-state index is 8.65. The number of hydrogen-bond donors (Lipinski definition) is 0. The molecule has 0 amide bonds. The van der Waals surface area contributed by atoms with Crippen LogP contribution < -0.4 is 0 Å². The Bertz CT molecular complexity index is 238. The molecule has 0 N–H and O–H groups in total. The lowest BCUT2D eigenvalue weighted by molar-refractivity contribution is 0.126. The van der Waals surface area contributed by atoms with E-state index in [9.17, 15) is 0 Å². The first-order chi connectivity index (χ1) is 8.13. The Kier molecular flexibility index (Phi) is 6.49. The Morgan fingerprint density at radius 3 is 2.35 bits per heavy atom. The molecule has 0 aliphatic carbocycles. The molecule has 1 aliphatic rings. The number of hydrogen-bond acceptors (Lipinski definition) is 4. The third-order valence-electron chi connectivity index (χ3n) is 3.54. The highest BCUT2D eigenvalue weighted by molar-refractivity contribution is 4.76. The summed E-state index contributed by atoms with van der Waals surface area (Å²) in [5.41, 5.74) is 0. The molecule has 0 bridgehead atoms. The molecule has 0 unspecified atom stereocenters. The summed E-state index contributed by atoms with van der Waals surface area (Å²) < 4.78 is 0. The highest BCUT2D eigenvalue weighted by Crippen LogP contribution is 2.03. The lowest BCUT2D eigenvalue weighted by Gasteiger charge is -2.34. The van der Waals surface area contributed by atoms with Crippen LogP contribution in [0.1, 0.15) is 20.3 Å². The Morgan fingerprint density at radius 2 is 1.82 bits per heavy atom. The standard InChI is InChI=1S/C13H26N4/c1-13(2)17(6-4-5-14)12-11-16-9-7-15(3)8-10-16/h13H,4,6-12H2,1-3H3. The van der Waals surface area contributed by atoms with Gasteiger partial charge in [0, 0.05) is 58.3 Å². The van der Waals surface area contributed by atoms with Gasteiger partial charge in [-0.1, -0.05) is 0 Å². The van der Waals surface area contributed by atoms with Crippen molar-refractivity contribution in [2.75, 3.05) is 52.9 Å². The fourth-order valence-corrected chi connectivity index (χ4v) is 2.16. The number of rotatable bonds is 6. The van der Waals surface area contributed by atoms with Crippen LogP contribution in [-0.4, -0.2) is 73.6 Å². The van der Waals surface area contributed by atoms with Crippen molar-refractivity contribution in [2.24, 2.45) is 0 Å². The zero-order chi connectivity index (χ0) is 12.7. The van der Waals surface area contributed by atoms with Crippen molar-refractivity contribution in [1.82, 2.24) is 14.7 Å². The van der Waals surface area contributed by atoms with Crippen LogP contribution in [0.5, 0.6) is 0 Å². The summed E-state index contributed by atoms with van der Waals surface area (Å²) in [6.07, 6.45) is 0.640. The monoisotopic (exact) mass is 238 g/mol. The third-order valence-corrected chi connectivity index (χ3v) is 3.54. The molecule has 0 atom stereocenters. The van der Waals surface area contributed by atoms with Crippen molar-refractivity contribution >= 4 is 0 Å². The predicted octanol–water partition coefficient (Wildman–Crippen LogP) is 0.858. The van der Waals surface area contributed by atoms with Crippen molar-refractivity contribution in [3.05, 3.63) is 0 Å². The van der Waals surface area contributed by atoms with Crippen LogP contribution in [0.3, 0.4) is 0 Å². The lowest BCUT2D eigenvalue weighted by Crippen LogP contribution is -2.47. The van der Waals surface area contributed by atoms with E-state index in [1.807, 2.05) is 0 Å². The topological polar surface area (TPSA) is 33.5 Å². The maximum Gasteiger partial charge on any atom is 0.0635 e. The van der Waals surface area contributed by atoms with Crippen LogP contribution in [0.15, 0.2) is 0 Å². The first-order valence-corrected chi connectivity index (χ1v) is 6.65. The van der Waals surface area contributed by atoms with Crippen molar-refractivity contribution in [3.63, 3.8) is 0 Å². The summed E-state index contributed by atoms with van der Waals surface area (Å²) in [5.74, 6) is 0. The summed E-state index contributed by atoms with van der Waals surface area (Å²) in [5, 5.41) is 8.65. The van der Waals surface area contributed by atoms with Gasteiger partial charge < -0.3 is 4.90 Å². The summed E-state index contributed by atoms with van der Waals surface area (Å²) in [7, 11) is 2.19. The molecule has 1 heterocycles. The van der Waals surface area contributed by atoms with E-state index < -0.39 is 0 Å². The highest BCUT2D eigenvalue weighted by Gasteiger charge is 2.15.